The Labute approximate surface area is 99.5 Å². The van der Waals surface area contributed by atoms with Crippen LogP contribution in [0.4, 0.5) is 5.69 Å². The van der Waals surface area contributed by atoms with E-state index in [1.807, 2.05) is 17.6 Å². The van der Waals surface area contributed by atoms with Crippen LogP contribution in [0.2, 0.25) is 0 Å². The van der Waals surface area contributed by atoms with E-state index in [4.69, 9.17) is 5.73 Å². The molecule has 0 unspecified atom stereocenters. The smallest absolute Gasteiger partial charge is 0.0795 e. The van der Waals surface area contributed by atoms with Crippen molar-refractivity contribution < 1.29 is 0 Å². The fourth-order valence-electron chi connectivity index (χ4n) is 1.70. The Morgan fingerprint density at radius 1 is 1.38 bits per heavy atom. The van der Waals surface area contributed by atoms with Gasteiger partial charge in [0, 0.05) is 24.7 Å². The number of para-hydroxylation sites is 1. The number of aromatic nitrogens is 1. The van der Waals surface area contributed by atoms with Crippen molar-refractivity contribution in [1.29, 1.82) is 0 Å². The third-order valence-corrected chi connectivity index (χ3v) is 3.14. The lowest BCUT2D eigenvalue weighted by atomic mass is 10.1. The van der Waals surface area contributed by atoms with E-state index in [2.05, 4.69) is 34.4 Å². The van der Waals surface area contributed by atoms with Gasteiger partial charge in [0.05, 0.1) is 17.7 Å². The maximum atomic E-state index is 5.72. The van der Waals surface area contributed by atoms with Gasteiger partial charge in [-0.3, -0.25) is 0 Å². The molecule has 0 saturated heterocycles. The van der Waals surface area contributed by atoms with Gasteiger partial charge >= 0.3 is 0 Å². The summed E-state index contributed by atoms with van der Waals surface area (Å²) in [5.74, 6) is 0. The van der Waals surface area contributed by atoms with Crippen LogP contribution in [0.15, 0.2) is 35.2 Å². The molecule has 16 heavy (non-hydrogen) atoms. The van der Waals surface area contributed by atoms with Gasteiger partial charge < -0.3 is 10.6 Å². The Morgan fingerprint density at radius 3 is 2.88 bits per heavy atom. The Hall–Kier alpha value is -1.39. The summed E-state index contributed by atoms with van der Waals surface area (Å²) >= 11 is 1.62. The minimum atomic E-state index is 0.567. The summed E-state index contributed by atoms with van der Waals surface area (Å²) in [4.78, 5) is 6.46. The van der Waals surface area contributed by atoms with Crippen LogP contribution in [0.25, 0.3) is 0 Å². The molecule has 0 fully saturated rings. The predicted molar refractivity (Wildman–Crippen MR) is 68.6 cm³/mol. The van der Waals surface area contributed by atoms with Crippen molar-refractivity contribution >= 4 is 17.0 Å². The molecule has 2 aromatic rings. The Kier molecular flexibility index (Phi) is 3.54. The van der Waals surface area contributed by atoms with E-state index in [9.17, 15) is 0 Å². The van der Waals surface area contributed by atoms with Crippen molar-refractivity contribution in [1.82, 2.24) is 4.98 Å². The molecule has 1 heterocycles. The summed E-state index contributed by atoms with van der Waals surface area (Å²) in [6.07, 6.45) is 0. The summed E-state index contributed by atoms with van der Waals surface area (Å²) in [6, 6.07) is 8.20. The van der Waals surface area contributed by atoms with Crippen molar-refractivity contribution in [2.24, 2.45) is 5.73 Å². The third kappa shape index (κ3) is 2.40. The number of nitrogens with two attached hydrogens (primary N) is 1. The van der Waals surface area contributed by atoms with Crippen LogP contribution in [-0.4, -0.2) is 12.0 Å². The zero-order valence-electron chi connectivity index (χ0n) is 9.26. The zero-order valence-corrected chi connectivity index (χ0v) is 10.1. The van der Waals surface area contributed by atoms with Crippen LogP contribution in [0.1, 0.15) is 11.3 Å². The lowest BCUT2D eigenvalue weighted by Crippen LogP contribution is -2.18. The van der Waals surface area contributed by atoms with Gasteiger partial charge in [-0.2, -0.15) is 0 Å². The maximum Gasteiger partial charge on any atom is 0.0795 e. The van der Waals surface area contributed by atoms with Gasteiger partial charge in [-0.15, -0.1) is 11.3 Å². The molecule has 2 N–H and O–H groups in total. The Balaban J connectivity index is 2.17. The third-order valence-electron chi connectivity index (χ3n) is 2.51. The van der Waals surface area contributed by atoms with Gasteiger partial charge in [0.15, 0.2) is 0 Å². The molecule has 0 spiro atoms. The number of rotatable bonds is 4. The average molecular weight is 233 g/mol. The number of nitrogens with zero attached hydrogens (tertiary/aromatic N) is 2. The van der Waals surface area contributed by atoms with Crippen LogP contribution >= 0.6 is 11.3 Å². The number of hydrogen-bond acceptors (Lipinski definition) is 4. The number of hydrogen-bond donors (Lipinski definition) is 1. The molecular formula is C12H15N3S. The molecule has 2 rings (SSSR count). The average Bonchev–Trinajstić information content (AvgIpc) is 2.81. The highest BCUT2D eigenvalue weighted by Crippen LogP contribution is 2.20. The molecule has 0 aliphatic heterocycles. The summed E-state index contributed by atoms with van der Waals surface area (Å²) < 4.78 is 0. The highest BCUT2D eigenvalue weighted by molar-refractivity contribution is 7.07. The van der Waals surface area contributed by atoms with E-state index in [0.717, 1.165) is 12.2 Å². The topological polar surface area (TPSA) is 42.2 Å². The SMILES string of the molecule is CN(Cc1cscn1)c1ccccc1CN. The van der Waals surface area contributed by atoms with E-state index in [1.54, 1.807) is 11.3 Å². The van der Waals surface area contributed by atoms with Gasteiger partial charge in [-0.1, -0.05) is 18.2 Å². The van der Waals surface area contributed by atoms with Crippen molar-refractivity contribution in [3.63, 3.8) is 0 Å². The summed E-state index contributed by atoms with van der Waals surface area (Å²) in [5, 5.41) is 2.07. The van der Waals surface area contributed by atoms with Crippen LogP contribution in [-0.2, 0) is 13.1 Å². The number of thiazole rings is 1. The number of benzene rings is 1. The van der Waals surface area contributed by atoms with Crippen LogP contribution in [0, 0.1) is 0 Å². The predicted octanol–water partition coefficient (Wildman–Crippen LogP) is 2.24. The Morgan fingerprint density at radius 2 is 2.19 bits per heavy atom. The molecule has 84 valence electrons. The van der Waals surface area contributed by atoms with Gasteiger partial charge in [-0.05, 0) is 11.6 Å². The molecule has 3 nitrogen and oxygen atoms in total. The second kappa shape index (κ2) is 5.09. The fourth-order valence-corrected chi connectivity index (χ4v) is 2.25. The van der Waals surface area contributed by atoms with Crippen LogP contribution in [0.3, 0.4) is 0 Å². The van der Waals surface area contributed by atoms with Crippen LogP contribution < -0.4 is 10.6 Å². The van der Waals surface area contributed by atoms with Gasteiger partial charge in [0.1, 0.15) is 0 Å². The fraction of sp³-hybridized carbons (Fsp3) is 0.250. The molecule has 0 aliphatic carbocycles. The first kappa shape index (κ1) is 11.1. The van der Waals surface area contributed by atoms with E-state index in [0.29, 0.717) is 6.54 Å². The standard InChI is InChI=1S/C12H15N3S/c1-15(7-11-8-16-9-14-11)12-5-3-2-4-10(12)6-13/h2-5,8-9H,6-7,13H2,1H3. The lowest BCUT2D eigenvalue weighted by molar-refractivity contribution is 0.880. The molecule has 0 saturated carbocycles. The van der Waals surface area contributed by atoms with Crippen molar-refractivity contribution in [2.45, 2.75) is 13.1 Å². The number of anilines is 1. The highest BCUT2D eigenvalue weighted by atomic mass is 32.1. The lowest BCUT2D eigenvalue weighted by Gasteiger charge is -2.21. The van der Waals surface area contributed by atoms with E-state index in [1.165, 1.54) is 11.3 Å². The van der Waals surface area contributed by atoms with Gasteiger partial charge in [0.2, 0.25) is 0 Å². The molecule has 0 aliphatic rings. The van der Waals surface area contributed by atoms with Crippen molar-refractivity contribution in [2.75, 3.05) is 11.9 Å². The zero-order chi connectivity index (χ0) is 11.4. The molecule has 1 aromatic heterocycles. The Bertz CT molecular complexity index is 439. The summed E-state index contributed by atoms with van der Waals surface area (Å²) in [6.45, 7) is 1.39. The largest absolute Gasteiger partial charge is 0.368 e. The molecule has 4 heteroatoms. The van der Waals surface area contributed by atoms with E-state index >= 15 is 0 Å². The second-order valence-electron chi connectivity index (χ2n) is 3.67. The van der Waals surface area contributed by atoms with Crippen molar-refractivity contribution in [3.05, 3.63) is 46.4 Å². The van der Waals surface area contributed by atoms with Gasteiger partial charge in [-0.25, -0.2) is 4.98 Å². The van der Waals surface area contributed by atoms with E-state index in [-0.39, 0.29) is 0 Å². The van der Waals surface area contributed by atoms with Crippen LogP contribution in [0.5, 0.6) is 0 Å². The maximum absolute atomic E-state index is 5.72. The summed E-state index contributed by atoms with van der Waals surface area (Å²) in [7, 11) is 2.06. The first-order valence-electron chi connectivity index (χ1n) is 5.17. The molecule has 0 amide bonds. The monoisotopic (exact) mass is 233 g/mol. The highest BCUT2D eigenvalue weighted by Gasteiger charge is 2.06. The minimum Gasteiger partial charge on any atom is -0.368 e. The normalized spacial score (nSPS) is 10.4. The quantitative estimate of drug-likeness (QED) is 0.880. The molecular weight excluding hydrogens is 218 g/mol. The molecule has 0 radical (unpaired) electrons. The van der Waals surface area contributed by atoms with Crippen molar-refractivity contribution in [3.8, 4) is 0 Å². The molecule has 1 aromatic carbocycles. The van der Waals surface area contributed by atoms with Gasteiger partial charge in [0.25, 0.3) is 0 Å². The first-order valence-corrected chi connectivity index (χ1v) is 6.11. The minimum absolute atomic E-state index is 0.567. The molecule has 0 bridgehead atoms. The summed E-state index contributed by atoms with van der Waals surface area (Å²) in [5.41, 5.74) is 11.0. The first-order chi connectivity index (χ1) is 7.81. The molecule has 0 atom stereocenters. The second-order valence-corrected chi connectivity index (χ2v) is 4.39. The van der Waals surface area contributed by atoms with E-state index < -0.39 is 0 Å².